The van der Waals surface area contributed by atoms with Crippen molar-refractivity contribution in [2.45, 2.75) is 65.3 Å². The summed E-state index contributed by atoms with van der Waals surface area (Å²) in [6.07, 6.45) is 3.67. The number of nitrogens with one attached hydrogen (secondary N) is 2. The number of aryl methyl sites for hydroxylation is 2. The van der Waals surface area contributed by atoms with E-state index in [-0.39, 0.29) is 0 Å². The first-order valence-corrected chi connectivity index (χ1v) is 10.5. The number of ether oxygens (including phenoxy) is 1. The van der Waals surface area contributed by atoms with Gasteiger partial charge in [-0.05, 0) is 37.3 Å². The highest BCUT2D eigenvalue weighted by atomic mass is 16.5. The molecule has 8 nitrogen and oxygen atoms in total. The fraction of sp³-hybridized carbons (Fsp3) is 0.545. The SMILES string of the molecule is CCCC[C@]1(C)NC(=O)N(CC(=O)OCC(=O)Nc2c(CC)cccc2CC)C1=O. The van der Waals surface area contributed by atoms with Crippen LogP contribution in [0, 0.1) is 0 Å². The van der Waals surface area contributed by atoms with Gasteiger partial charge in [-0.3, -0.25) is 19.3 Å². The van der Waals surface area contributed by atoms with Crippen LogP contribution in [-0.2, 0) is 32.0 Å². The number of carbonyl (C=O) groups excluding carboxylic acids is 4. The van der Waals surface area contributed by atoms with Gasteiger partial charge in [0.25, 0.3) is 11.8 Å². The van der Waals surface area contributed by atoms with Crippen LogP contribution in [0.3, 0.4) is 0 Å². The quantitative estimate of drug-likeness (QED) is 0.450. The molecule has 1 aromatic rings. The van der Waals surface area contributed by atoms with E-state index in [1.165, 1.54) is 0 Å². The van der Waals surface area contributed by atoms with Crippen LogP contribution in [0.4, 0.5) is 10.5 Å². The molecule has 0 aliphatic carbocycles. The molecule has 1 aliphatic heterocycles. The molecule has 8 heteroatoms. The summed E-state index contributed by atoms with van der Waals surface area (Å²) in [6.45, 7) is 6.63. The molecule has 2 N–H and O–H groups in total. The number of anilines is 1. The number of para-hydroxylation sites is 1. The number of imide groups is 1. The summed E-state index contributed by atoms with van der Waals surface area (Å²) < 4.78 is 5.01. The fourth-order valence-corrected chi connectivity index (χ4v) is 3.49. The van der Waals surface area contributed by atoms with Gasteiger partial charge < -0.3 is 15.4 Å². The predicted octanol–water partition coefficient (Wildman–Crippen LogP) is 2.79. The third-order valence-corrected chi connectivity index (χ3v) is 5.29. The number of hydrogen-bond donors (Lipinski definition) is 2. The zero-order valence-electron chi connectivity index (χ0n) is 18.2. The lowest BCUT2D eigenvalue weighted by molar-refractivity contribution is -0.150. The Labute approximate surface area is 177 Å². The van der Waals surface area contributed by atoms with Crippen molar-refractivity contribution < 1.29 is 23.9 Å². The Morgan fingerprint density at radius 2 is 1.77 bits per heavy atom. The minimum absolute atomic E-state index is 0.452. The summed E-state index contributed by atoms with van der Waals surface area (Å²) in [7, 11) is 0. The highest BCUT2D eigenvalue weighted by molar-refractivity contribution is 6.08. The molecule has 0 radical (unpaired) electrons. The minimum atomic E-state index is -1.01. The number of nitrogens with zero attached hydrogens (tertiary/aromatic N) is 1. The van der Waals surface area contributed by atoms with Crippen molar-refractivity contribution in [3.8, 4) is 0 Å². The normalized spacial score (nSPS) is 18.3. The number of unbranched alkanes of at least 4 members (excludes halogenated alkanes) is 1. The minimum Gasteiger partial charge on any atom is -0.454 e. The monoisotopic (exact) mass is 417 g/mol. The molecule has 30 heavy (non-hydrogen) atoms. The van der Waals surface area contributed by atoms with Crippen molar-refractivity contribution in [3.63, 3.8) is 0 Å². The maximum atomic E-state index is 12.6. The average molecular weight is 418 g/mol. The Kier molecular flexibility index (Phi) is 7.97. The lowest BCUT2D eigenvalue weighted by Crippen LogP contribution is -2.44. The summed E-state index contributed by atoms with van der Waals surface area (Å²) in [5.74, 6) is -1.73. The number of rotatable bonds is 10. The van der Waals surface area contributed by atoms with Crippen LogP contribution in [-0.4, -0.2) is 47.4 Å². The molecule has 1 aromatic carbocycles. The lowest BCUT2D eigenvalue weighted by atomic mass is 9.95. The van der Waals surface area contributed by atoms with Gasteiger partial charge in [0.2, 0.25) is 0 Å². The van der Waals surface area contributed by atoms with Crippen LogP contribution in [0.2, 0.25) is 0 Å². The maximum Gasteiger partial charge on any atom is 0.326 e. The number of hydrogen-bond acceptors (Lipinski definition) is 5. The molecule has 1 atom stereocenters. The smallest absolute Gasteiger partial charge is 0.326 e. The lowest BCUT2D eigenvalue weighted by Gasteiger charge is -2.21. The van der Waals surface area contributed by atoms with Crippen molar-refractivity contribution in [2.24, 2.45) is 0 Å². The van der Waals surface area contributed by atoms with Gasteiger partial charge in [-0.1, -0.05) is 51.8 Å². The van der Waals surface area contributed by atoms with Gasteiger partial charge in [0.1, 0.15) is 12.1 Å². The first-order chi connectivity index (χ1) is 14.3. The Morgan fingerprint density at radius 3 is 2.33 bits per heavy atom. The fourth-order valence-electron chi connectivity index (χ4n) is 3.49. The van der Waals surface area contributed by atoms with E-state index in [9.17, 15) is 19.2 Å². The van der Waals surface area contributed by atoms with E-state index >= 15 is 0 Å². The van der Waals surface area contributed by atoms with Gasteiger partial charge in [0.05, 0.1) is 0 Å². The number of benzene rings is 1. The van der Waals surface area contributed by atoms with Gasteiger partial charge >= 0.3 is 12.0 Å². The number of carbonyl (C=O) groups is 4. The molecule has 0 saturated carbocycles. The van der Waals surface area contributed by atoms with Crippen LogP contribution in [0.1, 0.15) is 58.1 Å². The van der Waals surface area contributed by atoms with Crippen molar-refractivity contribution in [2.75, 3.05) is 18.5 Å². The first kappa shape index (κ1) is 23.4. The molecule has 1 fully saturated rings. The Morgan fingerprint density at radius 1 is 1.13 bits per heavy atom. The molecule has 0 bridgehead atoms. The molecular weight excluding hydrogens is 386 g/mol. The highest BCUT2D eigenvalue weighted by Gasteiger charge is 2.47. The number of amides is 4. The van der Waals surface area contributed by atoms with Crippen LogP contribution in [0.25, 0.3) is 0 Å². The van der Waals surface area contributed by atoms with E-state index < -0.39 is 42.5 Å². The van der Waals surface area contributed by atoms with Gasteiger partial charge in [-0.2, -0.15) is 0 Å². The summed E-state index contributed by atoms with van der Waals surface area (Å²) in [6, 6.07) is 5.20. The molecule has 0 aromatic heterocycles. The average Bonchev–Trinajstić information content (AvgIpc) is 2.94. The van der Waals surface area contributed by atoms with Crippen LogP contribution in [0.15, 0.2) is 18.2 Å². The van der Waals surface area contributed by atoms with Crippen LogP contribution >= 0.6 is 0 Å². The molecule has 1 heterocycles. The van der Waals surface area contributed by atoms with E-state index in [2.05, 4.69) is 10.6 Å². The third kappa shape index (κ3) is 5.37. The van der Waals surface area contributed by atoms with Gasteiger partial charge in [-0.15, -0.1) is 0 Å². The van der Waals surface area contributed by atoms with E-state index in [1.54, 1.807) is 6.92 Å². The van der Waals surface area contributed by atoms with E-state index in [4.69, 9.17) is 4.74 Å². The van der Waals surface area contributed by atoms with Crippen molar-refractivity contribution >= 4 is 29.5 Å². The topological polar surface area (TPSA) is 105 Å². The predicted molar refractivity (Wildman–Crippen MR) is 113 cm³/mol. The Bertz CT molecular complexity index is 801. The zero-order valence-corrected chi connectivity index (χ0v) is 18.2. The summed E-state index contributed by atoms with van der Waals surface area (Å²) in [4.78, 5) is 50.0. The second kappa shape index (κ2) is 10.2. The molecule has 0 spiro atoms. The Hall–Kier alpha value is -2.90. The van der Waals surface area contributed by atoms with Crippen molar-refractivity contribution in [3.05, 3.63) is 29.3 Å². The molecule has 1 aliphatic rings. The zero-order chi connectivity index (χ0) is 22.3. The highest BCUT2D eigenvalue weighted by Crippen LogP contribution is 2.24. The second-order valence-electron chi connectivity index (χ2n) is 7.62. The molecule has 0 unspecified atom stereocenters. The van der Waals surface area contributed by atoms with Crippen LogP contribution < -0.4 is 10.6 Å². The van der Waals surface area contributed by atoms with E-state index in [0.29, 0.717) is 6.42 Å². The van der Waals surface area contributed by atoms with E-state index in [1.807, 2.05) is 39.0 Å². The largest absolute Gasteiger partial charge is 0.454 e. The van der Waals surface area contributed by atoms with Crippen molar-refractivity contribution in [1.82, 2.24) is 10.2 Å². The first-order valence-electron chi connectivity index (χ1n) is 10.5. The van der Waals surface area contributed by atoms with Crippen LogP contribution in [0.5, 0.6) is 0 Å². The molecular formula is C22H31N3O5. The molecule has 164 valence electrons. The van der Waals surface area contributed by atoms with Gasteiger partial charge in [-0.25, -0.2) is 4.79 Å². The summed E-state index contributed by atoms with van der Waals surface area (Å²) in [5.41, 5.74) is 1.73. The van der Waals surface area contributed by atoms with E-state index in [0.717, 1.165) is 47.4 Å². The van der Waals surface area contributed by atoms with Gasteiger partial charge in [0, 0.05) is 5.69 Å². The standard InChI is InChI=1S/C22H31N3O5/c1-5-8-12-22(4)20(28)25(21(29)24-22)13-18(27)30-14-17(26)23-19-15(6-2)10-9-11-16(19)7-3/h9-11H,5-8,12-14H2,1-4H3,(H,23,26)(H,24,29)/t22-/m0/s1. The molecule has 2 rings (SSSR count). The third-order valence-electron chi connectivity index (χ3n) is 5.29. The second-order valence-corrected chi connectivity index (χ2v) is 7.62. The molecule has 4 amide bonds. The number of urea groups is 1. The maximum absolute atomic E-state index is 12.6. The summed E-state index contributed by atoms with van der Waals surface area (Å²) >= 11 is 0. The molecule has 1 saturated heterocycles. The Balaban J connectivity index is 1.92. The summed E-state index contributed by atoms with van der Waals surface area (Å²) in [5, 5.41) is 5.45. The van der Waals surface area contributed by atoms with Gasteiger partial charge in [0.15, 0.2) is 6.61 Å². The van der Waals surface area contributed by atoms with Crippen molar-refractivity contribution in [1.29, 1.82) is 0 Å². The number of esters is 1.